The van der Waals surface area contributed by atoms with Crippen LogP contribution < -0.4 is 5.32 Å². The fraction of sp³-hybridized carbons (Fsp3) is 0.750. The molecule has 3 heterocycles. The van der Waals surface area contributed by atoms with Gasteiger partial charge in [-0.2, -0.15) is 0 Å². The summed E-state index contributed by atoms with van der Waals surface area (Å²) in [4.78, 5) is 13.3. The van der Waals surface area contributed by atoms with Crippen LogP contribution in [0.2, 0.25) is 0 Å². The van der Waals surface area contributed by atoms with Crippen molar-refractivity contribution < 1.29 is 89.4 Å². The Bertz CT molecular complexity index is 2140. The molecule has 3 rings (SSSR count). The first-order chi connectivity index (χ1) is 46.3. The second-order valence-corrected chi connectivity index (χ2v) is 25.7. The minimum atomic E-state index is -1.98. The van der Waals surface area contributed by atoms with Crippen molar-refractivity contribution >= 4 is 5.91 Å². The van der Waals surface area contributed by atoms with Crippen molar-refractivity contribution in [2.75, 3.05) is 26.4 Å². The quantitative estimate of drug-likeness (QED) is 0.0199. The maximum Gasteiger partial charge on any atom is 0.220 e. The molecule has 3 fully saturated rings. The molecular formula is C76H129NO18. The van der Waals surface area contributed by atoms with Gasteiger partial charge in [0.2, 0.25) is 5.91 Å². The van der Waals surface area contributed by atoms with Gasteiger partial charge in [-0.15, -0.1) is 0 Å². The first kappa shape index (κ1) is 85.7. The summed E-state index contributed by atoms with van der Waals surface area (Å²) in [7, 11) is 0. The van der Waals surface area contributed by atoms with Crippen LogP contribution in [0, 0.1) is 0 Å². The van der Waals surface area contributed by atoms with E-state index < -0.39 is 124 Å². The summed E-state index contributed by atoms with van der Waals surface area (Å²) >= 11 is 0. The third-order valence-corrected chi connectivity index (χ3v) is 17.6. The van der Waals surface area contributed by atoms with Crippen molar-refractivity contribution in [2.45, 2.75) is 336 Å². The van der Waals surface area contributed by atoms with Gasteiger partial charge >= 0.3 is 0 Å². The van der Waals surface area contributed by atoms with E-state index in [4.69, 9.17) is 28.4 Å². The van der Waals surface area contributed by atoms with Crippen LogP contribution in [0.4, 0.5) is 0 Å². The Labute approximate surface area is 570 Å². The van der Waals surface area contributed by atoms with Gasteiger partial charge in [-0.25, -0.2) is 0 Å². The molecule has 3 aliphatic heterocycles. The second kappa shape index (κ2) is 56.2. The van der Waals surface area contributed by atoms with Crippen molar-refractivity contribution in [2.24, 2.45) is 0 Å². The van der Waals surface area contributed by atoms with E-state index in [1.165, 1.54) is 109 Å². The monoisotopic (exact) mass is 1340 g/mol. The SMILES string of the molecule is CC/C=C\C/C=C\C/C=C\C/C=C\C/C=C\C/C=C\C/C=C\CCCCCCCCCCCCCCCCCCCCCC(=O)NC(COC1OC(CO)C(OC2OC(CO)C(OC3OC(CO)C(O)C(O)C3O)C(O)C2O)C(O)C1O)C(O)/C=C/CC/C=C/CCCCC. The fourth-order valence-electron chi connectivity index (χ4n) is 11.7. The first-order valence-corrected chi connectivity index (χ1v) is 36.6. The summed E-state index contributed by atoms with van der Waals surface area (Å²) in [6.07, 6.45) is 49.9. The maximum absolute atomic E-state index is 13.3. The summed E-state index contributed by atoms with van der Waals surface area (Å²) in [6, 6.07) is -0.991. The molecule has 0 radical (unpaired) electrons. The Morgan fingerprint density at radius 1 is 0.389 bits per heavy atom. The average molecular weight is 1340 g/mol. The number of hydrogen-bond acceptors (Lipinski definition) is 18. The number of aliphatic hydroxyl groups is 11. The van der Waals surface area contributed by atoms with Crippen LogP contribution >= 0.6 is 0 Å². The molecule has 0 aromatic heterocycles. The number of ether oxygens (including phenoxy) is 6. The number of aliphatic hydroxyl groups excluding tert-OH is 11. The van der Waals surface area contributed by atoms with Crippen molar-refractivity contribution in [3.63, 3.8) is 0 Å². The van der Waals surface area contributed by atoms with Gasteiger partial charge in [0, 0.05) is 6.42 Å². The van der Waals surface area contributed by atoms with Crippen molar-refractivity contribution in [3.8, 4) is 0 Å². The van der Waals surface area contributed by atoms with Crippen LogP contribution in [-0.2, 0) is 33.2 Å². The molecule has 0 aliphatic carbocycles. The number of nitrogens with one attached hydrogen (secondary N) is 1. The number of allylic oxidation sites excluding steroid dienone is 17. The molecule has 19 heteroatoms. The highest BCUT2D eigenvalue weighted by molar-refractivity contribution is 5.76. The van der Waals surface area contributed by atoms with Crippen LogP contribution in [0.3, 0.4) is 0 Å². The van der Waals surface area contributed by atoms with Crippen molar-refractivity contribution in [1.29, 1.82) is 0 Å². The number of carbonyl (C=O) groups is 1. The van der Waals surface area contributed by atoms with Gasteiger partial charge in [0.1, 0.15) is 73.2 Å². The molecule has 0 spiro atoms. The summed E-state index contributed by atoms with van der Waals surface area (Å²) in [5, 5.41) is 120. The van der Waals surface area contributed by atoms with Gasteiger partial charge in [0.15, 0.2) is 18.9 Å². The van der Waals surface area contributed by atoms with Gasteiger partial charge in [-0.1, -0.05) is 245 Å². The van der Waals surface area contributed by atoms with E-state index in [0.717, 1.165) is 89.9 Å². The number of unbranched alkanes of at least 4 members (excludes halogenated alkanes) is 23. The zero-order valence-corrected chi connectivity index (χ0v) is 57.9. The Kier molecular flexibility index (Phi) is 50.7. The molecule has 0 aromatic rings. The largest absolute Gasteiger partial charge is 0.394 e. The molecule has 0 aromatic carbocycles. The smallest absolute Gasteiger partial charge is 0.220 e. The van der Waals surface area contributed by atoms with E-state index >= 15 is 0 Å². The zero-order chi connectivity index (χ0) is 68.9. The third-order valence-electron chi connectivity index (χ3n) is 17.6. The Balaban J connectivity index is 1.26. The molecule has 3 aliphatic rings. The van der Waals surface area contributed by atoms with Gasteiger partial charge in [0.05, 0.1) is 38.6 Å². The lowest BCUT2D eigenvalue weighted by Gasteiger charge is -2.48. The van der Waals surface area contributed by atoms with Crippen LogP contribution in [0.5, 0.6) is 0 Å². The van der Waals surface area contributed by atoms with Crippen LogP contribution in [0.1, 0.15) is 232 Å². The Morgan fingerprint density at radius 2 is 0.737 bits per heavy atom. The predicted molar refractivity (Wildman–Crippen MR) is 374 cm³/mol. The van der Waals surface area contributed by atoms with E-state index in [1.54, 1.807) is 6.08 Å². The second-order valence-electron chi connectivity index (χ2n) is 25.7. The molecule has 12 N–H and O–H groups in total. The number of carbonyl (C=O) groups excluding carboxylic acids is 1. The van der Waals surface area contributed by atoms with E-state index in [1.807, 2.05) is 6.08 Å². The molecular weight excluding hydrogens is 1210 g/mol. The average Bonchev–Trinajstić information content (AvgIpc) is 0.797. The standard InChI is InChI=1S/C76H129NO18/c1-3-5-7-9-11-13-14-15-16-17-18-19-20-21-22-23-24-25-26-27-28-29-30-31-32-33-34-35-36-37-38-39-40-41-42-43-44-46-48-50-52-54-64(82)77-59(60(81)53-51-49-47-45-12-10-8-6-4-2)58-90-74-70(88)67(85)72(62(56-79)92-74)95-76-71(89)68(86)73(63(57-80)93-76)94-75-69(87)66(84)65(83)61(55-78)91-75/h5,7,11-13,15-16,18-19,21-22,24-25,27-28,45,51,53,59-63,65-76,78-81,83-89H,3-4,6,8-10,14,17,20,23,26,29-44,46-50,52,54-58H2,1-2H3,(H,77,82)/b7-5-,13-11-,16-15-,19-18-,22-21-,25-24-,28-27-,45-12+,53-51+. The minimum Gasteiger partial charge on any atom is -0.394 e. The Morgan fingerprint density at radius 3 is 1.18 bits per heavy atom. The summed E-state index contributed by atoms with van der Waals surface area (Å²) in [5.41, 5.74) is 0. The van der Waals surface area contributed by atoms with Crippen LogP contribution in [0.15, 0.2) is 109 Å². The molecule has 1 amide bonds. The summed E-state index contributed by atoms with van der Waals surface area (Å²) < 4.78 is 34.2. The first-order valence-electron chi connectivity index (χ1n) is 36.6. The van der Waals surface area contributed by atoms with Crippen LogP contribution in [-0.4, -0.2) is 193 Å². The van der Waals surface area contributed by atoms with Crippen molar-refractivity contribution in [3.05, 3.63) is 109 Å². The Hall–Kier alpha value is -3.55. The van der Waals surface area contributed by atoms with Crippen LogP contribution in [0.25, 0.3) is 0 Å². The molecule has 19 nitrogen and oxygen atoms in total. The molecule has 0 saturated carbocycles. The molecule has 0 bridgehead atoms. The van der Waals surface area contributed by atoms with E-state index in [2.05, 4.69) is 116 Å². The molecule has 17 unspecified atom stereocenters. The molecule has 17 atom stereocenters. The fourth-order valence-corrected chi connectivity index (χ4v) is 11.7. The number of rotatable bonds is 55. The topological polar surface area (TPSA) is 307 Å². The normalized spacial score (nSPS) is 27.9. The van der Waals surface area contributed by atoms with Gasteiger partial charge < -0.3 is 89.9 Å². The highest BCUT2D eigenvalue weighted by atomic mass is 16.8. The van der Waals surface area contributed by atoms with Crippen molar-refractivity contribution in [1.82, 2.24) is 5.32 Å². The maximum atomic E-state index is 13.3. The lowest BCUT2D eigenvalue weighted by atomic mass is 9.96. The highest BCUT2D eigenvalue weighted by Crippen LogP contribution is 2.33. The summed E-state index contributed by atoms with van der Waals surface area (Å²) in [6.45, 7) is 1.52. The lowest BCUT2D eigenvalue weighted by molar-refractivity contribution is -0.379. The van der Waals surface area contributed by atoms with E-state index in [0.29, 0.717) is 12.8 Å². The van der Waals surface area contributed by atoms with Gasteiger partial charge in [-0.05, 0) is 89.9 Å². The summed E-state index contributed by atoms with van der Waals surface area (Å²) in [5.74, 6) is -0.290. The predicted octanol–water partition coefficient (Wildman–Crippen LogP) is 10.6. The van der Waals surface area contributed by atoms with Gasteiger partial charge in [-0.3, -0.25) is 4.79 Å². The highest BCUT2D eigenvalue weighted by Gasteiger charge is 2.53. The molecule has 95 heavy (non-hydrogen) atoms. The van der Waals surface area contributed by atoms with Gasteiger partial charge in [0.25, 0.3) is 0 Å². The third kappa shape index (κ3) is 37.5. The molecule has 546 valence electrons. The lowest BCUT2D eigenvalue weighted by Crippen LogP contribution is -2.66. The minimum absolute atomic E-state index is 0.232. The van der Waals surface area contributed by atoms with E-state index in [-0.39, 0.29) is 18.9 Å². The van der Waals surface area contributed by atoms with E-state index in [9.17, 15) is 61.0 Å². The number of amides is 1. The zero-order valence-electron chi connectivity index (χ0n) is 57.9. The number of hydrogen-bond donors (Lipinski definition) is 12. The molecule has 3 saturated heterocycles.